The number of hydrogen-bond donors (Lipinski definition) is 1. The van der Waals surface area contributed by atoms with E-state index >= 15 is 0 Å². The summed E-state index contributed by atoms with van der Waals surface area (Å²) in [7, 11) is 1.98. The first-order chi connectivity index (χ1) is 6.66. The van der Waals surface area contributed by atoms with E-state index in [0.717, 1.165) is 25.9 Å². The highest BCUT2D eigenvalue weighted by Crippen LogP contribution is 1.98. The molecule has 0 heterocycles. The van der Waals surface area contributed by atoms with Gasteiger partial charge in [-0.25, -0.2) is 0 Å². The van der Waals surface area contributed by atoms with Crippen molar-refractivity contribution in [1.29, 1.82) is 5.26 Å². The van der Waals surface area contributed by atoms with Crippen LogP contribution in [0.1, 0.15) is 32.1 Å². The van der Waals surface area contributed by atoms with Gasteiger partial charge in [0.25, 0.3) is 0 Å². The molecule has 0 aliphatic carbocycles. The van der Waals surface area contributed by atoms with Crippen LogP contribution in [0.15, 0.2) is 0 Å². The molecule has 0 saturated heterocycles. The summed E-state index contributed by atoms with van der Waals surface area (Å²) in [5.74, 6) is -0.733. The van der Waals surface area contributed by atoms with Crippen molar-refractivity contribution in [1.82, 2.24) is 4.90 Å². The predicted molar refractivity (Wildman–Crippen MR) is 53.8 cm³/mol. The molecule has 0 amide bonds. The van der Waals surface area contributed by atoms with Gasteiger partial charge in [-0.1, -0.05) is 0 Å². The van der Waals surface area contributed by atoms with Crippen LogP contribution in [0.5, 0.6) is 0 Å². The molecule has 0 aromatic rings. The fourth-order valence-corrected chi connectivity index (χ4v) is 1.20. The Morgan fingerprint density at radius 3 is 2.57 bits per heavy atom. The Kier molecular flexibility index (Phi) is 7.86. The zero-order valence-corrected chi connectivity index (χ0v) is 8.70. The molecule has 0 atom stereocenters. The normalized spacial score (nSPS) is 10.1. The van der Waals surface area contributed by atoms with Crippen molar-refractivity contribution in [2.24, 2.45) is 0 Å². The largest absolute Gasteiger partial charge is 0.481 e. The third-order valence-corrected chi connectivity index (χ3v) is 2.01. The van der Waals surface area contributed by atoms with Crippen molar-refractivity contribution >= 4 is 5.97 Å². The number of rotatable bonds is 8. The first-order valence-corrected chi connectivity index (χ1v) is 4.94. The summed E-state index contributed by atoms with van der Waals surface area (Å²) in [5, 5.41) is 16.7. The van der Waals surface area contributed by atoms with E-state index in [1.807, 2.05) is 7.05 Å². The molecule has 0 aromatic heterocycles. The second-order valence-electron chi connectivity index (χ2n) is 3.42. The van der Waals surface area contributed by atoms with E-state index in [9.17, 15) is 4.79 Å². The smallest absolute Gasteiger partial charge is 0.303 e. The molecule has 0 bridgehead atoms. The molecule has 4 nitrogen and oxygen atoms in total. The van der Waals surface area contributed by atoms with E-state index in [-0.39, 0.29) is 6.42 Å². The quantitative estimate of drug-likeness (QED) is 0.600. The number of aliphatic carboxylic acids is 1. The van der Waals surface area contributed by atoms with E-state index in [0.29, 0.717) is 12.8 Å². The zero-order valence-electron chi connectivity index (χ0n) is 8.70. The van der Waals surface area contributed by atoms with Crippen LogP contribution in [0.25, 0.3) is 0 Å². The van der Waals surface area contributed by atoms with Gasteiger partial charge >= 0.3 is 5.97 Å². The van der Waals surface area contributed by atoms with Gasteiger partial charge < -0.3 is 10.0 Å². The maximum absolute atomic E-state index is 10.2. The topological polar surface area (TPSA) is 64.3 Å². The molecule has 0 rings (SSSR count). The SMILES string of the molecule is CN(CCCCC#N)CCCC(=O)O. The Bertz CT molecular complexity index is 199. The predicted octanol–water partition coefficient (Wildman–Crippen LogP) is 1.48. The lowest BCUT2D eigenvalue weighted by Gasteiger charge is -2.14. The summed E-state index contributed by atoms with van der Waals surface area (Å²) >= 11 is 0. The highest BCUT2D eigenvalue weighted by Gasteiger charge is 2.00. The van der Waals surface area contributed by atoms with Gasteiger partial charge in [0.15, 0.2) is 0 Å². The van der Waals surface area contributed by atoms with Gasteiger partial charge in [-0.05, 0) is 39.4 Å². The molecule has 0 radical (unpaired) electrons. The number of hydrogen-bond acceptors (Lipinski definition) is 3. The molecule has 0 fully saturated rings. The van der Waals surface area contributed by atoms with Crippen LogP contribution in [0.4, 0.5) is 0 Å². The maximum Gasteiger partial charge on any atom is 0.303 e. The van der Waals surface area contributed by atoms with Crippen molar-refractivity contribution in [2.75, 3.05) is 20.1 Å². The number of carbonyl (C=O) groups is 1. The van der Waals surface area contributed by atoms with Gasteiger partial charge in [0.1, 0.15) is 0 Å². The molecule has 0 aliphatic rings. The summed E-state index contributed by atoms with van der Waals surface area (Å²) in [6.07, 6.45) is 3.49. The summed E-state index contributed by atoms with van der Waals surface area (Å²) in [6, 6.07) is 2.10. The standard InChI is InChI=1S/C10H18N2O2/c1-12(8-4-2-3-7-11)9-5-6-10(13)14/h2-6,8-9H2,1H3,(H,13,14). The van der Waals surface area contributed by atoms with Crippen molar-refractivity contribution in [3.05, 3.63) is 0 Å². The van der Waals surface area contributed by atoms with Crippen molar-refractivity contribution in [3.63, 3.8) is 0 Å². The third-order valence-electron chi connectivity index (χ3n) is 2.01. The Labute approximate surface area is 85.1 Å². The molecule has 0 unspecified atom stereocenters. The van der Waals surface area contributed by atoms with E-state index in [1.54, 1.807) is 0 Å². The number of nitriles is 1. The Morgan fingerprint density at radius 2 is 2.00 bits per heavy atom. The monoisotopic (exact) mass is 198 g/mol. The maximum atomic E-state index is 10.2. The number of carboxylic acid groups (broad SMARTS) is 1. The molecular weight excluding hydrogens is 180 g/mol. The molecule has 1 N–H and O–H groups in total. The summed E-state index contributed by atoms with van der Waals surface area (Å²) in [5.41, 5.74) is 0. The summed E-state index contributed by atoms with van der Waals surface area (Å²) in [6.45, 7) is 1.76. The minimum atomic E-state index is -0.733. The van der Waals surface area contributed by atoms with E-state index in [1.165, 1.54) is 0 Å². The average molecular weight is 198 g/mol. The summed E-state index contributed by atoms with van der Waals surface area (Å²) in [4.78, 5) is 12.3. The number of nitrogens with zero attached hydrogens (tertiary/aromatic N) is 2. The van der Waals surface area contributed by atoms with Crippen LogP contribution in [0.2, 0.25) is 0 Å². The Hall–Kier alpha value is -1.08. The lowest BCUT2D eigenvalue weighted by molar-refractivity contribution is -0.137. The van der Waals surface area contributed by atoms with E-state index < -0.39 is 5.97 Å². The minimum absolute atomic E-state index is 0.239. The number of unbranched alkanes of at least 4 members (excludes halogenated alkanes) is 2. The van der Waals surface area contributed by atoms with Crippen LogP contribution < -0.4 is 0 Å². The molecule has 0 spiro atoms. The van der Waals surface area contributed by atoms with Crippen LogP contribution in [0, 0.1) is 11.3 Å². The van der Waals surface area contributed by atoms with Gasteiger partial charge in [0, 0.05) is 12.8 Å². The minimum Gasteiger partial charge on any atom is -0.481 e. The Balaban J connectivity index is 3.24. The molecule has 0 aromatic carbocycles. The summed E-state index contributed by atoms with van der Waals surface area (Å²) < 4.78 is 0. The Morgan fingerprint density at radius 1 is 1.36 bits per heavy atom. The van der Waals surface area contributed by atoms with E-state index in [4.69, 9.17) is 10.4 Å². The van der Waals surface area contributed by atoms with E-state index in [2.05, 4.69) is 11.0 Å². The second-order valence-corrected chi connectivity index (χ2v) is 3.42. The molecule has 80 valence electrons. The zero-order chi connectivity index (χ0) is 10.8. The van der Waals surface area contributed by atoms with Gasteiger partial charge in [0.2, 0.25) is 0 Å². The van der Waals surface area contributed by atoms with Crippen LogP contribution in [-0.4, -0.2) is 36.1 Å². The third kappa shape index (κ3) is 9.01. The van der Waals surface area contributed by atoms with Crippen LogP contribution in [-0.2, 0) is 4.79 Å². The van der Waals surface area contributed by atoms with Crippen molar-refractivity contribution in [3.8, 4) is 6.07 Å². The van der Waals surface area contributed by atoms with Crippen LogP contribution >= 0.6 is 0 Å². The van der Waals surface area contributed by atoms with Gasteiger partial charge in [-0.2, -0.15) is 5.26 Å². The average Bonchev–Trinajstić information content (AvgIpc) is 2.12. The lowest BCUT2D eigenvalue weighted by atomic mass is 10.2. The van der Waals surface area contributed by atoms with Crippen molar-refractivity contribution in [2.45, 2.75) is 32.1 Å². The first kappa shape index (κ1) is 12.9. The van der Waals surface area contributed by atoms with Gasteiger partial charge in [0.05, 0.1) is 6.07 Å². The highest BCUT2D eigenvalue weighted by atomic mass is 16.4. The number of carboxylic acids is 1. The molecule has 0 aliphatic heterocycles. The second kappa shape index (κ2) is 8.52. The molecular formula is C10H18N2O2. The molecule has 0 saturated carbocycles. The lowest BCUT2D eigenvalue weighted by Crippen LogP contribution is -2.21. The van der Waals surface area contributed by atoms with Gasteiger partial charge in [-0.15, -0.1) is 0 Å². The van der Waals surface area contributed by atoms with Gasteiger partial charge in [-0.3, -0.25) is 4.79 Å². The first-order valence-electron chi connectivity index (χ1n) is 4.94. The molecule has 14 heavy (non-hydrogen) atoms. The fourth-order valence-electron chi connectivity index (χ4n) is 1.20. The molecule has 4 heteroatoms. The van der Waals surface area contributed by atoms with Crippen molar-refractivity contribution < 1.29 is 9.90 Å². The fraction of sp³-hybridized carbons (Fsp3) is 0.800. The highest BCUT2D eigenvalue weighted by molar-refractivity contribution is 5.66. The van der Waals surface area contributed by atoms with Crippen LogP contribution in [0.3, 0.4) is 0 Å².